The Morgan fingerprint density at radius 2 is 2.20 bits per heavy atom. The standard InChI is InChI=1S/C12H14O3/c1-3-12(13)15-11-8-6-5-7-10(11)9-14-4-2/h3,5-8H,1,4,9H2,2H3. The van der Waals surface area contributed by atoms with Crippen LogP contribution < -0.4 is 4.74 Å². The largest absolute Gasteiger partial charge is 0.423 e. The number of rotatable bonds is 5. The summed E-state index contributed by atoms with van der Waals surface area (Å²) >= 11 is 0. The quantitative estimate of drug-likeness (QED) is 0.421. The van der Waals surface area contributed by atoms with E-state index in [9.17, 15) is 4.79 Å². The Kier molecular flexibility index (Phi) is 4.57. The normalized spacial score (nSPS) is 9.67. The summed E-state index contributed by atoms with van der Waals surface area (Å²) in [6.07, 6.45) is 1.14. The molecular weight excluding hydrogens is 192 g/mol. The lowest BCUT2D eigenvalue weighted by Gasteiger charge is -2.08. The number of benzene rings is 1. The van der Waals surface area contributed by atoms with Gasteiger partial charge in [-0.05, 0) is 13.0 Å². The molecule has 0 unspecified atom stereocenters. The van der Waals surface area contributed by atoms with Crippen LogP contribution in [0, 0.1) is 0 Å². The lowest BCUT2D eigenvalue weighted by molar-refractivity contribution is -0.129. The van der Waals surface area contributed by atoms with Gasteiger partial charge >= 0.3 is 5.97 Å². The minimum Gasteiger partial charge on any atom is -0.423 e. The highest BCUT2D eigenvalue weighted by Gasteiger charge is 2.05. The molecule has 0 aliphatic carbocycles. The molecule has 3 heteroatoms. The maximum atomic E-state index is 11.0. The van der Waals surface area contributed by atoms with Crippen LogP contribution in [0.15, 0.2) is 36.9 Å². The van der Waals surface area contributed by atoms with Crippen LogP contribution >= 0.6 is 0 Å². The number of hydrogen-bond donors (Lipinski definition) is 0. The van der Waals surface area contributed by atoms with Crippen molar-refractivity contribution in [1.29, 1.82) is 0 Å². The summed E-state index contributed by atoms with van der Waals surface area (Å²) in [6, 6.07) is 7.28. The first-order valence-electron chi connectivity index (χ1n) is 4.77. The molecule has 1 aromatic rings. The smallest absolute Gasteiger partial charge is 0.335 e. The van der Waals surface area contributed by atoms with Crippen molar-refractivity contribution in [2.45, 2.75) is 13.5 Å². The molecule has 0 saturated carbocycles. The van der Waals surface area contributed by atoms with E-state index in [1.54, 1.807) is 12.1 Å². The van der Waals surface area contributed by atoms with Gasteiger partial charge in [0.25, 0.3) is 0 Å². The van der Waals surface area contributed by atoms with Crippen LogP contribution in [0.1, 0.15) is 12.5 Å². The lowest BCUT2D eigenvalue weighted by Crippen LogP contribution is -2.06. The van der Waals surface area contributed by atoms with Crippen LogP contribution in [0.25, 0.3) is 0 Å². The third-order valence-electron chi connectivity index (χ3n) is 1.81. The second-order valence-electron chi connectivity index (χ2n) is 2.87. The van der Waals surface area contributed by atoms with Gasteiger partial charge < -0.3 is 9.47 Å². The summed E-state index contributed by atoms with van der Waals surface area (Å²) in [7, 11) is 0. The van der Waals surface area contributed by atoms with Gasteiger partial charge in [0.05, 0.1) is 6.61 Å². The molecule has 80 valence electrons. The molecular formula is C12H14O3. The third-order valence-corrected chi connectivity index (χ3v) is 1.81. The Labute approximate surface area is 89.3 Å². The molecule has 0 radical (unpaired) electrons. The van der Waals surface area contributed by atoms with Crippen molar-refractivity contribution < 1.29 is 14.3 Å². The molecule has 0 heterocycles. The maximum absolute atomic E-state index is 11.0. The van der Waals surface area contributed by atoms with Crippen molar-refractivity contribution in [2.24, 2.45) is 0 Å². The van der Waals surface area contributed by atoms with Crippen molar-refractivity contribution in [3.8, 4) is 5.75 Å². The number of esters is 1. The number of carbonyl (C=O) groups excluding carboxylic acids is 1. The first-order valence-corrected chi connectivity index (χ1v) is 4.77. The van der Waals surface area contributed by atoms with Gasteiger partial charge in [-0.25, -0.2) is 4.79 Å². The van der Waals surface area contributed by atoms with Crippen molar-refractivity contribution in [3.05, 3.63) is 42.5 Å². The monoisotopic (exact) mass is 206 g/mol. The van der Waals surface area contributed by atoms with Gasteiger partial charge in [-0.15, -0.1) is 0 Å². The van der Waals surface area contributed by atoms with E-state index < -0.39 is 5.97 Å². The minimum atomic E-state index is -0.459. The van der Waals surface area contributed by atoms with E-state index in [0.29, 0.717) is 19.0 Å². The molecule has 15 heavy (non-hydrogen) atoms. The predicted molar refractivity (Wildman–Crippen MR) is 57.6 cm³/mol. The summed E-state index contributed by atoms with van der Waals surface area (Å²) in [5.41, 5.74) is 0.856. The van der Waals surface area contributed by atoms with Gasteiger partial charge in [-0.2, -0.15) is 0 Å². The Morgan fingerprint density at radius 3 is 2.87 bits per heavy atom. The number of ether oxygens (including phenoxy) is 2. The highest BCUT2D eigenvalue weighted by atomic mass is 16.5. The highest BCUT2D eigenvalue weighted by molar-refractivity contribution is 5.83. The predicted octanol–water partition coefficient (Wildman–Crippen LogP) is 2.31. The zero-order valence-corrected chi connectivity index (χ0v) is 8.73. The van der Waals surface area contributed by atoms with E-state index in [1.807, 2.05) is 19.1 Å². The third kappa shape index (κ3) is 3.56. The molecule has 0 amide bonds. The molecule has 0 saturated heterocycles. The molecule has 0 aliphatic heterocycles. The minimum absolute atomic E-state index is 0.442. The molecule has 0 fully saturated rings. The molecule has 1 aromatic carbocycles. The first kappa shape index (κ1) is 11.5. The maximum Gasteiger partial charge on any atom is 0.335 e. The number of hydrogen-bond acceptors (Lipinski definition) is 3. The van der Waals surface area contributed by atoms with Crippen molar-refractivity contribution >= 4 is 5.97 Å². The van der Waals surface area contributed by atoms with Gasteiger partial charge in [0, 0.05) is 18.2 Å². The summed E-state index contributed by atoms with van der Waals surface area (Å²) in [6.45, 7) is 6.33. The average Bonchev–Trinajstić information content (AvgIpc) is 2.28. The second kappa shape index (κ2) is 5.98. The first-order chi connectivity index (χ1) is 7.27. The highest BCUT2D eigenvalue weighted by Crippen LogP contribution is 2.18. The second-order valence-corrected chi connectivity index (χ2v) is 2.87. The van der Waals surface area contributed by atoms with Crippen LogP contribution in [-0.4, -0.2) is 12.6 Å². The van der Waals surface area contributed by atoms with Gasteiger partial charge in [0.15, 0.2) is 0 Å². The Morgan fingerprint density at radius 1 is 1.47 bits per heavy atom. The van der Waals surface area contributed by atoms with Gasteiger partial charge in [-0.1, -0.05) is 24.8 Å². The van der Waals surface area contributed by atoms with E-state index in [-0.39, 0.29) is 0 Å². The van der Waals surface area contributed by atoms with Gasteiger partial charge in [-0.3, -0.25) is 0 Å². The summed E-state index contributed by atoms with van der Waals surface area (Å²) in [4.78, 5) is 11.0. The van der Waals surface area contributed by atoms with Crippen LogP contribution in [-0.2, 0) is 16.1 Å². The molecule has 0 bridgehead atoms. The Bertz CT molecular complexity index is 344. The van der Waals surface area contributed by atoms with Crippen molar-refractivity contribution in [1.82, 2.24) is 0 Å². The zero-order chi connectivity index (χ0) is 11.1. The van der Waals surface area contributed by atoms with Gasteiger partial charge in [0.1, 0.15) is 5.75 Å². The number of para-hydroxylation sites is 1. The molecule has 0 N–H and O–H groups in total. The van der Waals surface area contributed by atoms with Crippen molar-refractivity contribution in [2.75, 3.05) is 6.61 Å². The molecule has 0 aliphatic rings. The van der Waals surface area contributed by atoms with E-state index in [2.05, 4.69) is 6.58 Å². The van der Waals surface area contributed by atoms with Crippen LogP contribution in [0.4, 0.5) is 0 Å². The fourth-order valence-corrected chi connectivity index (χ4v) is 1.08. The van der Waals surface area contributed by atoms with Crippen LogP contribution in [0.3, 0.4) is 0 Å². The van der Waals surface area contributed by atoms with E-state index in [1.165, 1.54) is 0 Å². The molecule has 0 atom stereocenters. The Hall–Kier alpha value is -1.61. The Balaban J connectivity index is 2.76. The summed E-state index contributed by atoms with van der Waals surface area (Å²) < 4.78 is 10.3. The van der Waals surface area contributed by atoms with Crippen molar-refractivity contribution in [3.63, 3.8) is 0 Å². The fourth-order valence-electron chi connectivity index (χ4n) is 1.08. The zero-order valence-electron chi connectivity index (χ0n) is 8.73. The lowest BCUT2D eigenvalue weighted by atomic mass is 10.2. The molecule has 1 rings (SSSR count). The van der Waals surface area contributed by atoms with Crippen LogP contribution in [0.2, 0.25) is 0 Å². The van der Waals surface area contributed by atoms with E-state index in [4.69, 9.17) is 9.47 Å². The van der Waals surface area contributed by atoms with E-state index >= 15 is 0 Å². The topological polar surface area (TPSA) is 35.5 Å². The molecule has 0 aromatic heterocycles. The summed E-state index contributed by atoms with van der Waals surface area (Å²) in [5.74, 6) is 0.0646. The average molecular weight is 206 g/mol. The van der Waals surface area contributed by atoms with Crippen LogP contribution in [0.5, 0.6) is 5.75 Å². The number of carbonyl (C=O) groups is 1. The van der Waals surface area contributed by atoms with Gasteiger partial charge in [0.2, 0.25) is 0 Å². The van der Waals surface area contributed by atoms with E-state index in [0.717, 1.165) is 11.6 Å². The SMILES string of the molecule is C=CC(=O)Oc1ccccc1COCC. The molecule has 0 spiro atoms. The summed E-state index contributed by atoms with van der Waals surface area (Å²) in [5, 5.41) is 0. The fraction of sp³-hybridized carbons (Fsp3) is 0.250. The molecule has 3 nitrogen and oxygen atoms in total.